The van der Waals surface area contributed by atoms with Gasteiger partial charge in [-0.05, 0) is 43.0 Å². The van der Waals surface area contributed by atoms with Crippen LogP contribution >= 0.6 is 0 Å². The molecule has 2 amide bonds. The molecular formula is C29H33FN2O2. The minimum absolute atomic E-state index is 0.0212. The van der Waals surface area contributed by atoms with Gasteiger partial charge in [-0.25, -0.2) is 4.39 Å². The Morgan fingerprint density at radius 2 is 1.65 bits per heavy atom. The van der Waals surface area contributed by atoms with Crippen LogP contribution in [0.15, 0.2) is 72.8 Å². The van der Waals surface area contributed by atoms with Crippen molar-refractivity contribution in [3.05, 3.63) is 106 Å². The summed E-state index contributed by atoms with van der Waals surface area (Å²) in [6.45, 7) is 6.48. The number of carbonyl (C=O) groups is 2. The van der Waals surface area contributed by atoms with Gasteiger partial charge in [-0.1, -0.05) is 79.2 Å². The molecule has 0 bridgehead atoms. The van der Waals surface area contributed by atoms with E-state index < -0.39 is 6.04 Å². The highest BCUT2D eigenvalue weighted by Crippen LogP contribution is 2.19. The Kier molecular flexibility index (Phi) is 8.97. The van der Waals surface area contributed by atoms with E-state index in [-0.39, 0.29) is 30.6 Å². The van der Waals surface area contributed by atoms with Crippen molar-refractivity contribution < 1.29 is 14.0 Å². The van der Waals surface area contributed by atoms with Crippen molar-refractivity contribution in [2.75, 3.05) is 6.54 Å². The predicted molar refractivity (Wildman–Crippen MR) is 134 cm³/mol. The van der Waals surface area contributed by atoms with Gasteiger partial charge in [0.05, 0.1) is 6.42 Å². The number of hydrogen-bond donors (Lipinski definition) is 1. The average molecular weight is 461 g/mol. The molecule has 1 N–H and O–H groups in total. The van der Waals surface area contributed by atoms with E-state index in [2.05, 4.69) is 5.32 Å². The second kappa shape index (κ2) is 12.1. The summed E-state index contributed by atoms with van der Waals surface area (Å²) < 4.78 is 14.6. The molecule has 3 aromatic rings. The molecule has 0 saturated carbocycles. The number of nitrogens with one attached hydrogen (secondary N) is 1. The second-order valence-electron chi connectivity index (χ2n) is 8.72. The van der Waals surface area contributed by atoms with Gasteiger partial charge in [0.25, 0.3) is 0 Å². The lowest BCUT2D eigenvalue weighted by Crippen LogP contribution is -2.51. The van der Waals surface area contributed by atoms with Gasteiger partial charge in [-0.15, -0.1) is 0 Å². The van der Waals surface area contributed by atoms with Crippen molar-refractivity contribution in [3.63, 3.8) is 0 Å². The third-order valence-electron chi connectivity index (χ3n) is 5.97. The molecule has 1 atom stereocenters. The maximum atomic E-state index is 14.6. The van der Waals surface area contributed by atoms with E-state index in [0.717, 1.165) is 28.7 Å². The van der Waals surface area contributed by atoms with Gasteiger partial charge in [0.15, 0.2) is 0 Å². The predicted octanol–water partition coefficient (Wildman–Crippen LogP) is 5.15. The van der Waals surface area contributed by atoms with Crippen LogP contribution in [0.25, 0.3) is 0 Å². The van der Waals surface area contributed by atoms with Crippen LogP contribution in [0, 0.1) is 19.7 Å². The van der Waals surface area contributed by atoms with Crippen molar-refractivity contribution in [1.29, 1.82) is 0 Å². The first-order valence-corrected chi connectivity index (χ1v) is 11.8. The summed E-state index contributed by atoms with van der Waals surface area (Å²) in [7, 11) is 0. The molecule has 3 aromatic carbocycles. The molecule has 3 rings (SSSR count). The first-order valence-electron chi connectivity index (χ1n) is 11.8. The van der Waals surface area contributed by atoms with E-state index in [1.807, 2.05) is 69.3 Å². The van der Waals surface area contributed by atoms with E-state index in [4.69, 9.17) is 0 Å². The Labute approximate surface area is 201 Å². The molecule has 5 heteroatoms. The number of benzene rings is 3. The summed E-state index contributed by atoms with van der Waals surface area (Å²) >= 11 is 0. The van der Waals surface area contributed by atoms with E-state index in [0.29, 0.717) is 18.5 Å². The van der Waals surface area contributed by atoms with Crippen molar-refractivity contribution in [1.82, 2.24) is 10.2 Å². The van der Waals surface area contributed by atoms with Crippen LogP contribution in [0.1, 0.15) is 41.2 Å². The molecule has 0 radical (unpaired) electrons. The fraction of sp³-hybridized carbons (Fsp3) is 0.310. The number of hydrogen-bond acceptors (Lipinski definition) is 2. The van der Waals surface area contributed by atoms with Gasteiger partial charge in [0, 0.05) is 25.1 Å². The van der Waals surface area contributed by atoms with Crippen LogP contribution < -0.4 is 5.32 Å². The van der Waals surface area contributed by atoms with E-state index >= 15 is 0 Å². The minimum atomic E-state index is -0.758. The maximum absolute atomic E-state index is 14.6. The van der Waals surface area contributed by atoms with Gasteiger partial charge in [0.1, 0.15) is 11.9 Å². The highest BCUT2D eigenvalue weighted by molar-refractivity contribution is 5.89. The lowest BCUT2D eigenvalue weighted by Gasteiger charge is -2.32. The van der Waals surface area contributed by atoms with Crippen molar-refractivity contribution in [2.45, 2.75) is 52.6 Å². The summed E-state index contributed by atoms with van der Waals surface area (Å²) in [6, 6.07) is 21.3. The van der Waals surface area contributed by atoms with Gasteiger partial charge in [0.2, 0.25) is 11.8 Å². The lowest BCUT2D eigenvalue weighted by atomic mass is 9.99. The van der Waals surface area contributed by atoms with Crippen molar-refractivity contribution >= 4 is 11.8 Å². The van der Waals surface area contributed by atoms with E-state index in [1.54, 1.807) is 18.2 Å². The van der Waals surface area contributed by atoms with Crippen LogP contribution in [0.5, 0.6) is 0 Å². The van der Waals surface area contributed by atoms with Gasteiger partial charge < -0.3 is 10.2 Å². The number of nitrogens with zero attached hydrogens (tertiary/aromatic N) is 1. The normalized spacial score (nSPS) is 11.6. The van der Waals surface area contributed by atoms with Gasteiger partial charge in [-0.3, -0.25) is 9.59 Å². The van der Waals surface area contributed by atoms with Crippen LogP contribution in [0.2, 0.25) is 0 Å². The first kappa shape index (κ1) is 25.2. The highest BCUT2D eigenvalue weighted by atomic mass is 19.1. The molecular weight excluding hydrogens is 427 g/mol. The zero-order valence-electron chi connectivity index (χ0n) is 20.2. The van der Waals surface area contributed by atoms with E-state index in [1.165, 1.54) is 11.0 Å². The Balaban J connectivity index is 1.99. The van der Waals surface area contributed by atoms with Crippen molar-refractivity contribution in [2.24, 2.45) is 0 Å². The Bertz CT molecular complexity index is 1110. The average Bonchev–Trinajstić information content (AvgIpc) is 2.83. The van der Waals surface area contributed by atoms with Gasteiger partial charge >= 0.3 is 0 Å². The molecule has 34 heavy (non-hydrogen) atoms. The lowest BCUT2D eigenvalue weighted by molar-refractivity contribution is -0.140. The van der Waals surface area contributed by atoms with Crippen molar-refractivity contribution in [3.8, 4) is 0 Å². The maximum Gasteiger partial charge on any atom is 0.243 e. The highest BCUT2D eigenvalue weighted by Gasteiger charge is 2.31. The quantitative estimate of drug-likeness (QED) is 0.455. The van der Waals surface area contributed by atoms with Crippen LogP contribution in [0.3, 0.4) is 0 Å². The molecule has 0 aliphatic heterocycles. The molecule has 0 aliphatic carbocycles. The van der Waals surface area contributed by atoms with Gasteiger partial charge in [-0.2, -0.15) is 0 Å². The number of amides is 2. The molecule has 0 saturated heterocycles. The number of carbonyl (C=O) groups excluding carboxylic acids is 2. The number of rotatable bonds is 10. The Morgan fingerprint density at radius 3 is 2.35 bits per heavy atom. The standard InChI is InChI=1S/C29H33FN2O2/c1-4-16-31-29(34)27(18-23-10-6-5-7-11-23)32(20-24-12-8-9-13-26(24)30)28(33)19-25-17-21(2)14-15-22(25)3/h5-15,17,27H,4,16,18-20H2,1-3H3,(H,31,34)/t27-/m0/s1. The fourth-order valence-electron chi connectivity index (χ4n) is 3.99. The second-order valence-corrected chi connectivity index (χ2v) is 8.72. The smallest absolute Gasteiger partial charge is 0.243 e. The fourth-order valence-corrected chi connectivity index (χ4v) is 3.99. The molecule has 0 fully saturated rings. The molecule has 0 unspecified atom stereocenters. The molecule has 0 spiro atoms. The number of halogens is 1. The summed E-state index contributed by atoms with van der Waals surface area (Å²) in [6.07, 6.45) is 1.28. The largest absolute Gasteiger partial charge is 0.354 e. The first-order chi connectivity index (χ1) is 16.4. The van der Waals surface area contributed by atoms with E-state index in [9.17, 15) is 14.0 Å². The summed E-state index contributed by atoms with van der Waals surface area (Å²) in [4.78, 5) is 28.6. The number of aryl methyl sites for hydroxylation is 2. The molecule has 0 aliphatic rings. The minimum Gasteiger partial charge on any atom is -0.354 e. The monoisotopic (exact) mass is 460 g/mol. The topological polar surface area (TPSA) is 49.4 Å². The zero-order chi connectivity index (χ0) is 24.5. The summed E-state index contributed by atoms with van der Waals surface area (Å²) in [5.41, 5.74) is 4.32. The Morgan fingerprint density at radius 1 is 0.941 bits per heavy atom. The van der Waals surface area contributed by atoms with Crippen LogP contribution in [-0.2, 0) is 29.0 Å². The van der Waals surface area contributed by atoms with Crippen LogP contribution in [-0.4, -0.2) is 29.3 Å². The zero-order valence-corrected chi connectivity index (χ0v) is 20.2. The van der Waals surface area contributed by atoms with Crippen LogP contribution in [0.4, 0.5) is 4.39 Å². The molecule has 0 heterocycles. The summed E-state index contributed by atoms with van der Waals surface area (Å²) in [5.74, 6) is -0.819. The molecule has 4 nitrogen and oxygen atoms in total. The third kappa shape index (κ3) is 6.77. The summed E-state index contributed by atoms with van der Waals surface area (Å²) in [5, 5.41) is 2.95. The Hall–Kier alpha value is -3.47. The third-order valence-corrected chi connectivity index (χ3v) is 5.97. The SMILES string of the molecule is CCCNC(=O)[C@H](Cc1ccccc1)N(Cc1ccccc1F)C(=O)Cc1cc(C)ccc1C. The molecule has 0 aromatic heterocycles. The molecule has 178 valence electrons.